The van der Waals surface area contributed by atoms with Gasteiger partial charge in [0, 0.05) is 12.1 Å². The Bertz CT molecular complexity index is 667. The molecule has 2 rings (SSSR count). The highest BCUT2D eigenvalue weighted by Gasteiger charge is 2.19. The van der Waals surface area contributed by atoms with Crippen molar-refractivity contribution in [2.45, 2.75) is 12.8 Å². The van der Waals surface area contributed by atoms with Gasteiger partial charge < -0.3 is 10.4 Å². The molecular weight excluding hydrogens is 296 g/mol. The van der Waals surface area contributed by atoms with E-state index in [4.69, 9.17) is 16.7 Å². The number of benzene rings is 1. The van der Waals surface area contributed by atoms with E-state index >= 15 is 0 Å². The summed E-state index contributed by atoms with van der Waals surface area (Å²) in [5.74, 6) is -1.39. The number of alkyl halides is 1. The zero-order chi connectivity index (χ0) is 15.4. The molecule has 0 fully saturated rings. The van der Waals surface area contributed by atoms with Gasteiger partial charge in [0.15, 0.2) is 5.69 Å². The molecule has 2 aromatic rings. The van der Waals surface area contributed by atoms with Crippen molar-refractivity contribution in [3.63, 3.8) is 0 Å². The molecule has 21 heavy (non-hydrogen) atoms. The predicted octanol–water partition coefficient (Wildman–Crippen LogP) is 1.45. The molecule has 0 atom stereocenters. The summed E-state index contributed by atoms with van der Waals surface area (Å²) in [6.07, 6.45) is 0. The minimum absolute atomic E-state index is 0.0350. The quantitative estimate of drug-likeness (QED) is 0.815. The van der Waals surface area contributed by atoms with Crippen LogP contribution in [0.3, 0.4) is 0 Å². The molecule has 1 aromatic carbocycles. The molecule has 2 N–H and O–H groups in total. The van der Waals surface area contributed by atoms with Crippen molar-refractivity contribution in [1.82, 2.24) is 20.3 Å². The molecule has 1 heterocycles. The van der Waals surface area contributed by atoms with E-state index in [1.54, 1.807) is 24.3 Å². The van der Waals surface area contributed by atoms with Crippen molar-refractivity contribution >= 4 is 23.5 Å². The van der Waals surface area contributed by atoms with Crippen molar-refractivity contribution in [3.05, 3.63) is 41.2 Å². The second-order valence-electron chi connectivity index (χ2n) is 4.14. The Morgan fingerprint density at radius 2 is 2.00 bits per heavy atom. The van der Waals surface area contributed by atoms with Crippen LogP contribution in [-0.2, 0) is 5.88 Å². The van der Waals surface area contributed by atoms with E-state index in [-0.39, 0.29) is 23.2 Å². The number of hydrogen-bond acceptors (Lipinski definition) is 4. The third kappa shape index (κ3) is 3.03. The highest BCUT2D eigenvalue weighted by molar-refractivity contribution is 6.17. The van der Waals surface area contributed by atoms with Gasteiger partial charge in [0.2, 0.25) is 0 Å². The smallest absolute Gasteiger partial charge is 0.358 e. The first kappa shape index (κ1) is 15.0. The van der Waals surface area contributed by atoms with E-state index in [0.29, 0.717) is 17.8 Å². The SMILES string of the molecule is CCNC(=O)c1ccc(-n2nnc(C(=O)O)c2CCl)cc1. The number of carbonyl (C=O) groups excluding carboxylic acids is 1. The summed E-state index contributed by atoms with van der Waals surface area (Å²) in [6, 6.07) is 6.56. The summed E-state index contributed by atoms with van der Waals surface area (Å²) in [4.78, 5) is 22.7. The Balaban J connectivity index is 2.35. The molecule has 0 aliphatic heterocycles. The molecule has 0 radical (unpaired) electrons. The number of aromatic nitrogens is 3. The lowest BCUT2D eigenvalue weighted by atomic mass is 10.2. The van der Waals surface area contributed by atoms with Gasteiger partial charge in [-0.3, -0.25) is 4.79 Å². The lowest BCUT2D eigenvalue weighted by Gasteiger charge is -2.06. The van der Waals surface area contributed by atoms with E-state index in [9.17, 15) is 9.59 Å². The van der Waals surface area contributed by atoms with Crippen LogP contribution in [0.1, 0.15) is 33.5 Å². The Morgan fingerprint density at radius 3 is 2.52 bits per heavy atom. The standard InChI is InChI=1S/C13H13ClN4O3/c1-2-15-12(19)8-3-5-9(6-4-8)18-10(7-14)11(13(20)21)16-17-18/h3-6H,2,7H2,1H3,(H,15,19)(H,20,21). The monoisotopic (exact) mass is 308 g/mol. The van der Waals surface area contributed by atoms with Crippen LogP contribution in [0, 0.1) is 0 Å². The largest absolute Gasteiger partial charge is 0.476 e. The number of amides is 1. The maximum Gasteiger partial charge on any atom is 0.358 e. The van der Waals surface area contributed by atoms with Crippen molar-refractivity contribution in [1.29, 1.82) is 0 Å². The number of carbonyl (C=O) groups is 2. The zero-order valence-corrected chi connectivity index (χ0v) is 12.0. The van der Waals surface area contributed by atoms with E-state index in [1.807, 2.05) is 6.92 Å². The van der Waals surface area contributed by atoms with Crippen LogP contribution in [0.4, 0.5) is 0 Å². The number of aromatic carboxylic acids is 1. The number of carboxylic acids is 1. The molecule has 0 bridgehead atoms. The summed E-state index contributed by atoms with van der Waals surface area (Å²) >= 11 is 5.77. The fourth-order valence-corrected chi connectivity index (χ4v) is 2.05. The molecule has 0 saturated heterocycles. The molecule has 1 amide bonds. The maximum absolute atomic E-state index is 11.7. The topological polar surface area (TPSA) is 97.1 Å². The second kappa shape index (κ2) is 6.36. The van der Waals surface area contributed by atoms with Crippen LogP contribution in [0.15, 0.2) is 24.3 Å². The van der Waals surface area contributed by atoms with Gasteiger partial charge in [-0.15, -0.1) is 16.7 Å². The highest BCUT2D eigenvalue weighted by Crippen LogP contribution is 2.16. The maximum atomic E-state index is 11.7. The molecule has 0 saturated carbocycles. The lowest BCUT2D eigenvalue weighted by Crippen LogP contribution is -2.22. The minimum atomic E-state index is -1.18. The minimum Gasteiger partial charge on any atom is -0.476 e. The van der Waals surface area contributed by atoms with E-state index < -0.39 is 5.97 Å². The summed E-state index contributed by atoms with van der Waals surface area (Å²) in [5.41, 5.74) is 1.19. The molecule has 110 valence electrons. The van der Waals surface area contributed by atoms with Gasteiger partial charge in [-0.25, -0.2) is 9.48 Å². The summed E-state index contributed by atoms with van der Waals surface area (Å²) in [7, 11) is 0. The van der Waals surface area contributed by atoms with Gasteiger partial charge in [-0.05, 0) is 31.2 Å². The van der Waals surface area contributed by atoms with Gasteiger partial charge in [0.1, 0.15) is 0 Å². The Morgan fingerprint density at radius 1 is 1.33 bits per heavy atom. The molecule has 8 heteroatoms. The van der Waals surface area contributed by atoms with Crippen LogP contribution >= 0.6 is 11.6 Å². The zero-order valence-electron chi connectivity index (χ0n) is 11.2. The third-order valence-electron chi connectivity index (χ3n) is 2.80. The van der Waals surface area contributed by atoms with Crippen LogP contribution < -0.4 is 5.32 Å². The van der Waals surface area contributed by atoms with Crippen molar-refractivity contribution < 1.29 is 14.7 Å². The van der Waals surface area contributed by atoms with Crippen molar-refractivity contribution in [2.75, 3.05) is 6.54 Å². The molecule has 0 aliphatic carbocycles. The fraction of sp³-hybridized carbons (Fsp3) is 0.231. The van der Waals surface area contributed by atoms with E-state index in [1.165, 1.54) is 4.68 Å². The second-order valence-corrected chi connectivity index (χ2v) is 4.41. The number of rotatable bonds is 5. The Kier molecular flexibility index (Phi) is 4.54. The van der Waals surface area contributed by atoms with Crippen molar-refractivity contribution in [2.24, 2.45) is 0 Å². The van der Waals surface area contributed by atoms with Gasteiger partial charge in [-0.2, -0.15) is 0 Å². The average Bonchev–Trinajstić information content (AvgIpc) is 2.91. The Labute approximate surface area is 125 Å². The number of hydrogen-bond donors (Lipinski definition) is 2. The number of nitrogens with zero attached hydrogens (tertiary/aromatic N) is 3. The van der Waals surface area contributed by atoms with Gasteiger partial charge in [-0.1, -0.05) is 5.21 Å². The summed E-state index contributed by atoms with van der Waals surface area (Å²) in [5, 5.41) is 19.1. The molecular formula is C13H13ClN4O3. The summed E-state index contributed by atoms with van der Waals surface area (Å²) in [6.45, 7) is 2.38. The lowest BCUT2D eigenvalue weighted by molar-refractivity contribution is 0.0689. The number of halogens is 1. The van der Waals surface area contributed by atoms with Crippen LogP contribution in [0.5, 0.6) is 0 Å². The number of carboxylic acid groups (broad SMARTS) is 1. The van der Waals surface area contributed by atoms with Gasteiger partial charge in [0.05, 0.1) is 17.3 Å². The first-order valence-corrected chi connectivity index (χ1v) is 6.74. The van der Waals surface area contributed by atoms with Gasteiger partial charge in [0.25, 0.3) is 5.91 Å². The molecule has 0 unspecified atom stereocenters. The van der Waals surface area contributed by atoms with Gasteiger partial charge >= 0.3 is 5.97 Å². The molecule has 1 aromatic heterocycles. The van der Waals surface area contributed by atoms with Crippen molar-refractivity contribution in [3.8, 4) is 5.69 Å². The van der Waals surface area contributed by atoms with Crippen LogP contribution in [0.25, 0.3) is 5.69 Å². The normalized spacial score (nSPS) is 10.4. The fourth-order valence-electron chi connectivity index (χ4n) is 1.81. The first-order valence-electron chi connectivity index (χ1n) is 6.21. The van der Waals surface area contributed by atoms with Crippen LogP contribution in [0.2, 0.25) is 0 Å². The molecule has 0 spiro atoms. The predicted molar refractivity (Wildman–Crippen MR) is 75.9 cm³/mol. The highest BCUT2D eigenvalue weighted by atomic mass is 35.5. The summed E-state index contributed by atoms with van der Waals surface area (Å²) < 4.78 is 1.35. The average molecular weight is 309 g/mol. The first-order chi connectivity index (χ1) is 10.1. The molecule has 0 aliphatic rings. The third-order valence-corrected chi connectivity index (χ3v) is 3.06. The van der Waals surface area contributed by atoms with E-state index in [0.717, 1.165) is 0 Å². The van der Waals surface area contributed by atoms with Crippen LogP contribution in [-0.4, -0.2) is 38.5 Å². The molecule has 7 nitrogen and oxygen atoms in total. The van der Waals surface area contributed by atoms with E-state index in [2.05, 4.69) is 15.6 Å². The Hall–Kier alpha value is -2.41. The number of nitrogens with one attached hydrogen (secondary N) is 1.